The van der Waals surface area contributed by atoms with E-state index in [-0.39, 0.29) is 18.2 Å². The summed E-state index contributed by atoms with van der Waals surface area (Å²) in [5.41, 5.74) is 1.87. The number of carbonyl (C=O) groups is 1. The molecule has 116 valence electrons. The highest BCUT2D eigenvalue weighted by atomic mass is 32.2. The first-order valence-electron chi connectivity index (χ1n) is 6.56. The van der Waals surface area contributed by atoms with Crippen molar-refractivity contribution in [1.82, 2.24) is 5.32 Å². The molecule has 0 saturated heterocycles. The van der Waals surface area contributed by atoms with Crippen LogP contribution in [0.1, 0.15) is 12.5 Å². The highest BCUT2D eigenvalue weighted by Gasteiger charge is 2.05. The molecule has 1 amide bonds. The number of para-hydroxylation sites is 1. The lowest BCUT2D eigenvalue weighted by Gasteiger charge is -2.08. The number of amides is 1. The van der Waals surface area contributed by atoms with E-state index in [2.05, 4.69) is 5.32 Å². The number of ether oxygens (including phenoxy) is 1. The van der Waals surface area contributed by atoms with E-state index >= 15 is 0 Å². The minimum absolute atomic E-state index is 0.0574. The van der Waals surface area contributed by atoms with Crippen LogP contribution in [0.3, 0.4) is 0 Å². The van der Waals surface area contributed by atoms with E-state index in [1.807, 2.05) is 31.2 Å². The molecule has 1 aromatic rings. The third-order valence-corrected chi connectivity index (χ3v) is 3.76. The fraction of sp³-hybridized carbons (Fsp3) is 0.400. The van der Waals surface area contributed by atoms with Crippen LogP contribution in [0.2, 0.25) is 0 Å². The average molecular weight is 311 g/mol. The number of sulfone groups is 1. The fourth-order valence-electron chi connectivity index (χ4n) is 1.83. The van der Waals surface area contributed by atoms with Gasteiger partial charge in [0.25, 0.3) is 0 Å². The zero-order valence-corrected chi connectivity index (χ0v) is 13.4. The zero-order valence-electron chi connectivity index (χ0n) is 12.5. The summed E-state index contributed by atoms with van der Waals surface area (Å²) < 4.78 is 27.2. The molecule has 1 N–H and O–H groups in total. The lowest BCUT2D eigenvalue weighted by molar-refractivity contribution is -0.116. The Morgan fingerprint density at radius 3 is 2.62 bits per heavy atom. The minimum atomic E-state index is -3.06. The average Bonchev–Trinajstić information content (AvgIpc) is 2.37. The Labute approximate surface area is 125 Å². The van der Waals surface area contributed by atoms with Crippen molar-refractivity contribution in [2.75, 3.05) is 25.7 Å². The lowest BCUT2D eigenvalue weighted by atomic mass is 10.1. The number of methoxy groups -OCH3 is 1. The Morgan fingerprint density at radius 1 is 1.33 bits per heavy atom. The van der Waals surface area contributed by atoms with Gasteiger partial charge in [0.05, 0.1) is 12.9 Å². The van der Waals surface area contributed by atoms with Gasteiger partial charge in [0, 0.05) is 18.9 Å². The van der Waals surface area contributed by atoms with E-state index in [1.165, 1.54) is 6.08 Å². The van der Waals surface area contributed by atoms with Crippen molar-refractivity contribution in [2.24, 2.45) is 0 Å². The van der Waals surface area contributed by atoms with Crippen LogP contribution in [-0.2, 0) is 21.1 Å². The predicted molar refractivity (Wildman–Crippen MR) is 83.2 cm³/mol. The molecule has 0 heterocycles. The molecule has 0 aliphatic heterocycles. The highest BCUT2D eigenvalue weighted by molar-refractivity contribution is 7.90. The van der Waals surface area contributed by atoms with Gasteiger partial charge in [-0.05, 0) is 25.0 Å². The maximum atomic E-state index is 11.7. The summed E-state index contributed by atoms with van der Waals surface area (Å²) in [6.07, 6.45) is 3.22. The fourth-order valence-corrected chi connectivity index (χ4v) is 2.31. The Kier molecular flexibility index (Phi) is 6.42. The summed E-state index contributed by atoms with van der Waals surface area (Å²) in [7, 11) is -1.45. The van der Waals surface area contributed by atoms with Gasteiger partial charge in [-0.15, -0.1) is 0 Å². The van der Waals surface area contributed by atoms with Crippen LogP contribution in [0.5, 0.6) is 5.75 Å². The maximum Gasteiger partial charge on any atom is 0.243 e. The predicted octanol–water partition coefficient (Wildman–Crippen LogP) is 1.34. The molecule has 0 unspecified atom stereocenters. The van der Waals surface area contributed by atoms with Crippen molar-refractivity contribution in [3.8, 4) is 5.75 Å². The summed E-state index contributed by atoms with van der Waals surface area (Å²) in [6.45, 7) is 1.97. The smallest absolute Gasteiger partial charge is 0.243 e. The second kappa shape index (κ2) is 7.83. The third-order valence-electron chi connectivity index (χ3n) is 2.81. The number of hydrogen-bond acceptors (Lipinski definition) is 4. The number of rotatable bonds is 7. The van der Waals surface area contributed by atoms with Crippen LogP contribution in [0.25, 0.3) is 0 Å². The van der Waals surface area contributed by atoms with Gasteiger partial charge in [0.2, 0.25) is 5.91 Å². The van der Waals surface area contributed by atoms with Crippen LogP contribution in [0.4, 0.5) is 0 Å². The van der Waals surface area contributed by atoms with E-state index in [4.69, 9.17) is 4.74 Å². The number of carbonyl (C=O) groups excluding carboxylic acids is 1. The van der Waals surface area contributed by atoms with Crippen LogP contribution in [0, 0.1) is 0 Å². The van der Waals surface area contributed by atoms with Gasteiger partial charge in [-0.25, -0.2) is 8.42 Å². The van der Waals surface area contributed by atoms with E-state index in [0.717, 1.165) is 23.1 Å². The third kappa shape index (κ3) is 6.94. The molecular formula is C15H21NO4S. The molecule has 0 radical (unpaired) electrons. The summed E-state index contributed by atoms with van der Waals surface area (Å²) in [5, 5.41) is 2.56. The molecule has 0 aromatic heterocycles. The number of nitrogens with one attached hydrogen (secondary N) is 1. The van der Waals surface area contributed by atoms with Crippen molar-refractivity contribution in [3.63, 3.8) is 0 Å². The Morgan fingerprint density at radius 2 is 2.00 bits per heavy atom. The van der Waals surface area contributed by atoms with Crippen molar-refractivity contribution in [3.05, 3.63) is 41.5 Å². The summed E-state index contributed by atoms with van der Waals surface area (Å²) in [6, 6.07) is 7.61. The topological polar surface area (TPSA) is 72.5 Å². The molecule has 21 heavy (non-hydrogen) atoms. The molecule has 0 atom stereocenters. The monoisotopic (exact) mass is 311 g/mol. The summed E-state index contributed by atoms with van der Waals surface area (Å²) in [5.74, 6) is 0.437. The summed E-state index contributed by atoms with van der Waals surface area (Å²) >= 11 is 0. The largest absolute Gasteiger partial charge is 0.496 e. The van der Waals surface area contributed by atoms with Gasteiger partial charge in [-0.1, -0.05) is 23.8 Å². The van der Waals surface area contributed by atoms with Gasteiger partial charge in [-0.2, -0.15) is 0 Å². The molecule has 0 spiro atoms. The molecule has 1 rings (SSSR count). The normalized spacial score (nSPS) is 12.0. The van der Waals surface area contributed by atoms with Gasteiger partial charge in [0.1, 0.15) is 15.6 Å². The first-order chi connectivity index (χ1) is 9.81. The maximum absolute atomic E-state index is 11.7. The van der Waals surface area contributed by atoms with Crippen molar-refractivity contribution >= 4 is 15.7 Å². The quantitative estimate of drug-likeness (QED) is 0.771. The molecule has 0 saturated carbocycles. The van der Waals surface area contributed by atoms with Gasteiger partial charge in [0.15, 0.2) is 0 Å². The Hall–Kier alpha value is -1.82. The van der Waals surface area contributed by atoms with Crippen molar-refractivity contribution in [1.29, 1.82) is 0 Å². The molecule has 0 aliphatic rings. The van der Waals surface area contributed by atoms with Crippen LogP contribution in [-0.4, -0.2) is 40.0 Å². The van der Waals surface area contributed by atoms with E-state index in [1.54, 1.807) is 7.11 Å². The molecule has 0 bridgehead atoms. The van der Waals surface area contributed by atoms with Crippen molar-refractivity contribution in [2.45, 2.75) is 13.3 Å². The van der Waals surface area contributed by atoms with Crippen LogP contribution < -0.4 is 10.1 Å². The van der Waals surface area contributed by atoms with E-state index in [0.29, 0.717) is 6.42 Å². The zero-order chi connectivity index (χ0) is 15.9. The first-order valence-corrected chi connectivity index (χ1v) is 8.62. The standard InChI is InChI=1S/C15H21NO4S/c1-12(10-13-6-4-5-7-14(13)20-2)11-15(17)16-8-9-21(3,18)19/h4-7,11H,8-10H2,1-3H3,(H,16,17). The summed E-state index contributed by atoms with van der Waals surface area (Å²) in [4.78, 5) is 11.7. The Balaban J connectivity index is 2.58. The number of benzene rings is 1. The second-order valence-electron chi connectivity index (χ2n) is 4.90. The number of hydrogen-bond donors (Lipinski definition) is 1. The van der Waals surface area contributed by atoms with E-state index < -0.39 is 9.84 Å². The molecule has 1 aromatic carbocycles. The molecule has 0 aliphatic carbocycles. The van der Waals surface area contributed by atoms with Crippen LogP contribution in [0.15, 0.2) is 35.9 Å². The Bertz CT molecular complexity index is 620. The SMILES string of the molecule is COc1ccccc1CC(C)=CC(=O)NCCS(C)(=O)=O. The molecular weight excluding hydrogens is 290 g/mol. The van der Waals surface area contributed by atoms with Crippen LogP contribution >= 0.6 is 0 Å². The van der Waals surface area contributed by atoms with Gasteiger partial charge in [-0.3, -0.25) is 4.79 Å². The lowest BCUT2D eigenvalue weighted by Crippen LogP contribution is -2.27. The molecule has 0 fully saturated rings. The molecule has 6 heteroatoms. The van der Waals surface area contributed by atoms with E-state index in [9.17, 15) is 13.2 Å². The first kappa shape index (κ1) is 17.2. The molecule has 5 nitrogen and oxygen atoms in total. The highest BCUT2D eigenvalue weighted by Crippen LogP contribution is 2.20. The minimum Gasteiger partial charge on any atom is -0.496 e. The second-order valence-corrected chi connectivity index (χ2v) is 7.16. The number of allylic oxidation sites excluding steroid dienone is 1. The van der Waals surface area contributed by atoms with Crippen molar-refractivity contribution < 1.29 is 17.9 Å². The van der Waals surface area contributed by atoms with Gasteiger partial charge < -0.3 is 10.1 Å². The van der Waals surface area contributed by atoms with Gasteiger partial charge >= 0.3 is 0 Å².